The minimum Gasteiger partial charge on any atom is -0.386 e. The second kappa shape index (κ2) is 7.57. The highest BCUT2D eigenvalue weighted by molar-refractivity contribution is 7.90. The number of aliphatic hydroxyl groups is 1. The van der Waals surface area contributed by atoms with Crippen LogP contribution in [0.2, 0.25) is 10.0 Å². The number of hydrogen-bond donors (Lipinski definition) is 2. The van der Waals surface area contributed by atoms with Crippen molar-refractivity contribution in [1.29, 1.82) is 0 Å². The fraction of sp³-hybridized carbons (Fsp3) is 0.200. The molecule has 2 aromatic rings. The van der Waals surface area contributed by atoms with E-state index in [-0.39, 0.29) is 27.2 Å². The van der Waals surface area contributed by atoms with Crippen molar-refractivity contribution in [3.8, 4) is 0 Å². The van der Waals surface area contributed by atoms with Gasteiger partial charge in [-0.25, -0.2) is 8.42 Å². The molecule has 2 aromatic carbocycles. The number of nitrogens with one attached hydrogen (secondary N) is 1. The van der Waals surface area contributed by atoms with Gasteiger partial charge in [0.25, 0.3) is 5.69 Å². The van der Waals surface area contributed by atoms with Gasteiger partial charge < -0.3 is 10.4 Å². The third kappa shape index (κ3) is 4.60. The van der Waals surface area contributed by atoms with E-state index < -0.39 is 26.6 Å². The van der Waals surface area contributed by atoms with Crippen LogP contribution in [0.1, 0.15) is 11.7 Å². The summed E-state index contributed by atoms with van der Waals surface area (Å²) < 4.78 is 23.1. The molecule has 0 heterocycles. The Morgan fingerprint density at radius 2 is 1.84 bits per heavy atom. The zero-order valence-corrected chi connectivity index (χ0v) is 15.3. The van der Waals surface area contributed by atoms with Crippen LogP contribution in [0.25, 0.3) is 0 Å². The molecule has 7 nitrogen and oxygen atoms in total. The minimum absolute atomic E-state index is 0.0691. The monoisotopic (exact) mass is 404 g/mol. The molecule has 0 spiro atoms. The second-order valence-corrected chi connectivity index (χ2v) is 8.07. The molecule has 0 aliphatic rings. The van der Waals surface area contributed by atoms with Gasteiger partial charge in [-0.05, 0) is 24.3 Å². The summed E-state index contributed by atoms with van der Waals surface area (Å²) in [4.78, 5) is 10.3. The van der Waals surface area contributed by atoms with Gasteiger partial charge in [-0.15, -0.1) is 0 Å². The number of halogens is 2. The van der Waals surface area contributed by atoms with E-state index in [9.17, 15) is 23.6 Å². The fourth-order valence-corrected chi connectivity index (χ4v) is 3.47. The van der Waals surface area contributed by atoms with Crippen molar-refractivity contribution in [3.63, 3.8) is 0 Å². The van der Waals surface area contributed by atoms with E-state index in [0.717, 1.165) is 12.3 Å². The molecular formula is C15H14Cl2N2O5S. The van der Waals surface area contributed by atoms with Crippen LogP contribution in [0, 0.1) is 10.1 Å². The SMILES string of the molecule is CS(=O)(=O)c1ccc(NCC(O)c2c(Cl)cccc2Cl)c([N+](=O)[O-])c1. The largest absolute Gasteiger partial charge is 0.386 e. The number of sulfone groups is 1. The lowest BCUT2D eigenvalue weighted by Crippen LogP contribution is -2.14. The topological polar surface area (TPSA) is 110 Å². The quantitative estimate of drug-likeness (QED) is 0.563. The first-order valence-electron chi connectivity index (χ1n) is 6.95. The summed E-state index contributed by atoms with van der Waals surface area (Å²) in [7, 11) is -3.58. The molecule has 0 aromatic heterocycles. The predicted octanol–water partition coefficient (Wildman–Crippen LogP) is 3.45. The van der Waals surface area contributed by atoms with Gasteiger partial charge in [0.2, 0.25) is 0 Å². The zero-order chi connectivity index (χ0) is 18.8. The zero-order valence-electron chi connectivity index (χ0n) is 12.9. The molecule has 0 fully saturated rings. The van der Waals surface area contributed by atoms with Crippen molar-refractivity contribution in [2.24, 2.45) is 0 Å². The van der Waals surface area contributed by atoms with E-state index in [0.29, 0.717) is 5.56 Å². The van der Waals surface area contributed by atoms with Gasteiger partial charge in [-0.1, -0.05) is 29.3 Å². The number of anilines is 1. The molecule has 0 aliphatic carbocycles. The average Bonchev–Trinajstić information content (AvgIpc) is 2.51. The van der Waals surface area contributed by atoms with Gasteiger partial charge in [0.15, 0.2) is 9.84 Å². The molecule has 2 rings (SSSR count). The Labute approximate surface area is 154 Å². The van der Waals surface area contributed by atoms with Gasteiger partial charge in [-0.3, -0.25) is 10.1 Å². The average molecular weight is 405 g/mol. The van der Waals surface area contributed by atoms with Crippen molar-refractivity contribution in [3.05, 3.63) is 62.1 Å². The fourth-order valence-electron chi connectivity index (χ4n) is 2.18. The molecule has 0 amide bonds. The molecule has 1 atom stereocenters. The summed E-state index contributed by atoms with van der Waals surface area (Å²) >= 11 is 12.0. The molecule has 1 unspecified atom stereocenters. The van der Waals surface area contributed by atoms with Crippen LogP contribution in [-0.2, 0) is 9.84 Å². The lowest BCUT2D eigenvalue weighted by Gasteiger charge is -2.16. The summed E-state index contributed by atoms with van der Waals surface area (Å²) in [6, 6.07) is 8.25. The van der Waals surface area contributed by atoms with Gasteiger partial charge in [0, 0.05) is 34.5 Å². The van der Waals surface area contributed by atoms with Crippen LogP contribution >= 0.6 is 23.2 Å². The summed E-state index contributed by atoms with van der Waals surface area (Å²) in [5.74, 6) is 0. The van der Waals surface area contributed by atoms with Crippen molar-refractivity contribution in [2.75, 3.05) is 18.1 Å². The minimum atomic E-state index is -3.58. The summed E-state index contributed by atoms with van der Waals surface area (Å²) in [6.07, 6.45) is -0.155. The highest BCUT2D eigenvalue weighted by atomic mass is 35.5. The lowest BCUT2D eigenvalue weighted by atomic mass is 10.1. The Bertz CT molecular complexity index is 898. The normalized spacial score (nSPS) is 12.6. The van der Waals surface area contributed by atoms with Crippen LogP contribution in [-0.4, -0.2) is 31.2 Å². The molecule has 0 saturated carbocycles. The maximum atomic E-state index is 11.5. The Balaban J connectivity index is 2.27. The van der Waals surface area contributed by atoms with Crippen molar-refractivity contribution >= 4 is 44.4 Å². The van der Waals surface area contributed by atoms with Crippen LogP contribution < -0.4 is 5.32 Å². The first-order chi connectivity index (χ1) is 11.6. The number of hydrogen-bond acceptors (Lipinski definition) is 6. The van der Waals surface area contributed by atoms with Gasteiger partial charge >= 0.3 is 0 Å². The molecule has 10 heteroatoms. The maximum Gasteiger partial charge on any atom is 0.293 e. The summed E-state index contributed by atoms with van der Waals surface area (Å²) in [5.41, 5.74) is -0.0475. The van der Waals surface area contributed by atoms with E-state index in [1.165, 1.54) is 12.1 Å². The van der Waals surface area contributed by atoms with Gasteiger partial charge in [0.1, 0.15) is 5.69 Å². The van der Waals surface area contributed by atoms with E-state index in [2.05, 4.69) is 5.32 Å². The summed E-state index contributed by atoms with van der Waals surface area (Å²) in [6.45, 7) is -0.109. The molecule has 134 valence electrons. The van der Waals surface area contributed by atoms with Crippen LogP contribution in [0.4, 0.5) is 11.4 Å². The molecular weight excluding hydrogens is 391 g/mol. The highest BCUT2D eigenvalue weighted by Crippen LogP contribution is 2.32. The molecule has 0 radical (unpaired) electrons. The number of benzene rings is 2. The van der Waals surface area contributed by atoms with E-state index >= 15 is 0 Å². The Hall–Kier alpha value is -1.87. The van der Waals surface area contributed by atoms with E-state index in [1.54, 1.807) is 18.2 Å². The Morgan fingerprint density at radius 3 is 2.36 bits per heavy atom. The predicted molar refractivity (Wildman–Crippen MR) is 96.1 cm³/mol. The van der Waals surface area contributed by atoms with E-state index in [4.69, 9.17) is 23.2 Å². The standard InChI is InChI=1S/C15H14Cl2N2O5S/c1-25(23,24)9-5-6-12(13(7-9)19(21)22)18-8-14(20)15-10(16)3-2-4-11(15)17/h2-7,14,18,20H,8H2,1H3. The number of aliphatic hydroxyl groups excluding tert-OH is 1. The molecule has 0 saturated heterocycles. The molecule has 25 heavy (non-hydrogen) atoms. The van der Waals surface area contributed by atoms with E-state index in [1.807, 2.05) is 0 Å². The van der Waals surface area contributed by atoms with Crippen molar-refractivity contribution in [2.45, 2.75) is 11.0 Å². The van der Waals surface area contributed by atoms with Crippen LogP contribution in [0.5, 0.6) is 0 Å². The Morgan fingerprint density at radius 1 is 1.24 bits per heavy atom. The van der Waals surface area contributed by atoms with Crippen LogP contribution in [0.15, 0.2) is 41.3 Å². The molecule has 0 aliphatic heterocycles. The van der Waals surface area contributed by atoms with Crippen LogP contribution in [0.3, 0.4) is 0 Å². The third-order valence-electron chi connectivity index (χ3n) is 3.41. The number of rotatable bonds is 6. The first kappa shape index (κ1) is 19.5. The smallest absolute Gasteiger partial charge is 0.293 e. The lowest BCUT2D eigenvalue weighted by molar-refractivity contribution is -0.384. The third-order valence-corrected chi connectivity index (χ3v) is 5.18. The summed E-state index contributed by atoms with van der Waals surface area (Å²) in [5, 5.41) is 24.7. The van der Waals surface area contributed by atoms with Gasteiger partial charge in [-0.2, -0.15) is 0 Å². The molecule has 2 N–H and O–H groups in total. The second-order valence-electron chi connectivity index (χ2n) is 5.24. The Kier molecular flexibility index (Phi) is 5.89. The number of nitrogens with zero attached hydrogens (tertiary/aromatic N) is 1. The molecule has 0 bridgehead atoms. The number of nitro benzene ring substituents is 1. The van der Waals surface area contributed by atoms with Crippen molar-refractivity contribution in [1.82, 2.24) is 0 Å². The maximum absolute atomic E-state index is 11.5. The first-order valence-corrected chi connectivity index (χ1v) is 9.60. The van der Waals surface area contributed by atoms with Gasteiger partial charge in [0.05, 0.1) is 15.9 Å². The van der Waals surface area contributed by atoms with Crippen molar-refractivity contribution < 1.29 is 18.4 Å². The number of nitro groups is 1. The highest BCUT2D eigenvalue weighted by Gasteiger charge is 2.21.